The first-order chi connectivity index (χ1) is 13.0. The van der Waals surface area contributed by atoms with Crippen molar-refractivity contribution in [2.45, 2.75) is 29.6 Å². The molecule has 0 saturated heterocycles. The number of sulfonamides is 1. The van der Waals surface area contributed by atoms with Crippen LogP contribution in [0.25, 0.3) is 20.9 Å². The third-order valence-electron chi connectivity index (χ3n) is 4.02. The molecule has 1 aromatic carbocycles. The van der Waals surface area contributed by atoms with Gasteiger partial charge in [0.2, 0.25) is 20.2 Å². The Morgan fingerprint density at radius 1 is 1.29 bits per heavy atom. The van der Waals surface area contributed by atoms with Crippen LogP contribution in [0.4, 0.5) is 17.6 Å². The summed E-state index contributed by atoms with van der Waals surface area (Å²) in [5, 5.41) is 8.62. The molecule has 2 aromatic heterocycles. The van der Waals surface area contributed by atoms with E-state index in [-0.39, 0.29) is 27.4 Å². The highest BCUT2D eigenvalue weighted by atomic mass is 32.2. The first kappa shape index (κ1) is 18.7. The van der Waals surface area contributed by atoms with Gasteiger partial charge in [0.25, 0.3) is 5.66 Å². The van der Waals surface area contributed by atoms with Crippen molar-refractivity contribution < 1.29 is 26.0 Å². The van der Waals surface area contributed by atoms with E-state index in [1.165, 1.54) is 0 Å². The zero-order valence-corrected chi connectivity index (χ0v) is 15.2. The molecule has 0 unspecified atom stereocenters. The van der Waals surface area contributed by atoms with Crippen molar-refractivity contribution in [2.24, 2.45) is 0 Å². The molecule has 1 fully saturated rings. The number of hydrogen-bond donors (Lipinski definition) is 1. The minimum Gasteiger partial charge on any atom is -0.292 e. The molecule has 0 bridgehead atoms. The quantitative estimate of drug-likeness (QED) is 0.506. The zero-order chi connectivity index (χ0) is 20.3. The Morgan fingerprint density at radius 3 is 2.57 bits per heavy atom. The second kappa shape index (κ2) is 5.93. The topological polar surface area (TPSA) is 94.1 Å². The largest absolute Gasteiger partial charge is 0.445 e. The van der Waals surface area contributed by atoms with E-state index in [4.69, 9.17) is 6.57 Å². The summed E-state index contributed by atoms with van der Waals surface area (Å²) in [5.74, 6) is -0.933. The Balaban J connectivity index is 1.81. The number of nitrogens with one attached hydrogen (secondary N) is 1. The molecule has 1 aliphatic rings. The molecule has 0 amide bonds. The molecule has 28 heavy (non-hydrogen) atoms. The van der Waals surface area contributed by atoms with Crippen molar-refractivity contribution in [2.75, 3.05) is 0 Å². The minimum absolute atomic E-state index is 0.0992. The summed E-state index contributed by atoms with van der Waals surface area (Å²) in [6.07, 6.45) is -2.99. The molecular weight excluding hydrogens is 424 g/mol. The van der Waals surface area contributed by atoms with Crippen molar-refractivity contribution >= 4 is 32.3 Å². The lowest BCUT2D eigenvalue weighted by molar-refractivity contribution is -0.138. The summed E-state index contributed by atoms with van der Waals surface area (Å²) in [5.41, 5.74) is -1.33. The summed E-state index contributed by atoms with van der Waals surface area (Å²) in [6, 6.07) is 1.82. The predicted molar refractivity (Wildman–Crippen MR) is 88.4 cm³/mol. The Bertz CT molecular complexity index is 1240. The first-order valence-corrected chi connectivity index (χ1v) is 9.86. The molecule has 14 heteroatoms. The molecular formula is C14H8F4N6O2S2. The highest BCUT2D eigenvalue weighted by Crippen LogP contribution is 2.39. The van der Waals surface area contributed by atoms with Gasteiger partial charge in [0, 0.05) is 0 Å². The molecule has 8 nitrogen and oxygen atoms in total. The van der Waals surface area contributed by atoms with E-state index in [9.17, 15) is 26.0 Å². The number of rotatable bonds is 4. The highest BCUT2D eigenvalue weighted by molar-refractivity contribution is 7.89. The van der Waals surface area contributed by atoms with Gasteiger partial charge in [0.05, 0.1) is 34.8 Å². The number of aromatic nitrogens is 4. The maximum Gasteiger partial charge on any atom is 0.445 e. The maximum atomic E-state index is 14.4. The summed E-state index contributed by atoms with van der Waals surface area (Å²) in [6.45, 7) is 7.06. The van der Waals surface area contributed by atoms with Gasteiger partial charge in [0.1, 0.15) is 5.82 Å². The summed E-state index contributed by atoms with van der Waals surface area (Å²) >= 11 is 0.181. The van der Waals surface area contributed by atoms with E-state index >= 15 is 0 Å². The molecule has 1 saturated carbocycles. The average Bonchev–Trinajstić information content (AvgIpc) is 3.03. The lowest BCUT2D eigenvalue weighted by Crippen LogP contribution is -2.34. The molecule has 0 spiro atoms. The smallest absolute Gasteiger partial charge is 0.292 e. The van der Waals surface area contributed by atoms with E-state index in [1.807, 2.05) is 0 Å². The van der Waals surface area contributed by atoms with Crippen LogP contribution in [0.2, 0.25) is 0 Å². The number of benzene rings is 1. The number of hydrogen-bond acceptors (Lipinski definition) is 6. The lowest BCUT2D eigenvalue weighted by atomic mass is 10.2. The Morgan fingerprint density at radius 2 is 2.00 bits per heavy atom. The van der Waals surface area contributed by atoms with Gasteiger partial charge in [-0.05, 0) is 12.1 Å². The van der Waals surface area contributed by atoms with Gasteiger partial charge in [-0.2, -0.15) is 18.3 Å². The van der Waals surface area contributed by atoms with E-state index in [0.29, 0.717) is 12.8 Å². The molecule has 3 aromatic rings. The van der Waals surface area contributed by atoms with Gasteiger partial charge < -0.3 is 0 Å². The predicted octanol–water partition coefficient (Wildman–Crippen LogP) is 2.72. The molecule has 1 N–H and O–H groups in total. The molecule has 0 radical (unpaired) electrons. The molecule has 0 atom stereocenters. The zero-order valence-electron chi connectivity index (χ0n) is 13.5. The van der Waals surface area contributed by atoms with Crippen LogP contribution in [0, 0.1) is 12.4 Å². The van der Waals surface area contributed by atoms with Crippen molar-refractivity contribution in [3.63, 3.8) is 0 Å². The van der Waals surface area contributed by atoms with Gasteiger partial charge in [0.15, 0.2) is 0 Å². The third kappa shape index (κ3) is 3.11. The Kier molecular flexibility index (Phi) is 3.97. The van der Waals surface area contributed by atoms with Crippen LogP contribution >= 0.6 is 11.3 Å². The van der Waals surface area contributed by atoms with Crippen LogP contribution in [-0.2, 0) is 16.2 Å². The van der Waals surface area contributed by atoms with Crippen molar-refractivity contribution in [1.82, 2.24) is 24.7 Å². The first-order valence-electron chi connectivity index (χ1n) is 7.56. The normalized spacial score (nSPS) is 16.2. The summed E-state index contributed by atoms with van der Waals surface area (Å²) in [7, 11) is -4.23. The highest BCUT2D eigenvalue weighted by Gasteiger charge is 2.54. The van der Waals surface area contributed by atoms with E-state index in [1.54, 1.807) is 0 Å². The average molecular weight is 432 g/mol. The van der Waals surface area contributed by atoms with Crippen LogP contribution in [0.5, 0.6) is 0 Å². The van der Waals surface area contributed by atoms with Crippen LogP contribution in [0.15, 0.2) is 23.2 Å². The standard InChI is InChI=1S/C14H8F4N6O2S2/c1-19-13(2-3-13)23-28(25,26)7-4-9(15)8-6-20-24(10(8)5-7)12-22-21-11(27-12)14(16,17)18/h4-6,23H,2-3H2. The Hall–Kier alpha value is -2.63. The van der Waals surface area contributed by atoms with Gasteiger partial charge in [-0.15, -0.1) is 14.9 Å². The fourth-order valence-corrected chi connectivity index (χ4v) is 4.52. The lowest BCUT2D eigenvalue weighted by Gasteiger charge is -2.08. The van der Waals surface area contributed by atoms with Gasteiger partial charge in [-0.3, -0.25) is 4.85 Å². The number of halogens is 4. The van der Waals surface area contributed by atoms with Gasteiger partial charge in [-0.25, -0.2) is 24.1 Å². The second-order valence-corrected chi connectivity index (χ2v) is 8.67. The van der Waals surface area contributed by atoms with E-state index in [2.05, 4.69) is 24.9 Å². The van der Waals surface area contributed by atoms with Crippen LogP contribution in [0.3, 0.4) is 0 Å². The van der Waals surface area contributed by atoms with Crippen molar-refractivity contribution in [3.05, 3.63) is 40.6 Å². The van der Waals surface area contributed by atoms with Gasteiger partial charge in [-0.1, -0.05) is 11.3 Å². The SMILES string of the molecule is [C-]#[N+]C1(NS(=O)(=O)c2cc(F)c3cnn(-c4nnc(C(F)(F)F)s4)c3c2)CC1. The molecule has 4 rings (SSSR count). The fraction of sp³-hybridized carbons (Fsp3) is 0.286. The number of nitrogens with zero attached hydrogens (tertiary/aromatic N) is 5. The van der Waals surface area contributed by atoms with Crippen molar-refractivity contribution in [3.8, 4) is 5.13 Å². The summed E-state index contributed by atoms with van der Waals surface area (Å²) < 4.78 is 80.8. The summed E-state index contributed by atoms with van der Waals surface area (Å²) in [4.78, 5) is 2.76. The third-order valence-corrected chi connectivity index (χ3v) is 6.47. The monoisotopic (exact) mass is 432 g/mol. The second-order valence-electron chi connectivity index (χ2n) is 6.03. The van der Waals surface area contributed by atoms with E-state index < -0.39 is 37.6 Å². The number of alkyl halides is 3. The van der Waals surface area contributed by atoms with Crippen molar-refractivity contribution in [1.29, 1.82) is 0 Å². The Labute approximate surface area is 158 Å². The van der Waals surface area contributed by atoms with Gasteiger partial charge >= 0.3 is 6.18 Å². The van der Waals surface area contributed by atoms with Crippen LogP contribution in [0.1, 0.15) is 17.8 Å². The minimum atomic E-state index is -4.71. The molecule has 0 aliphatic heterocycles. The van der Waals surface area contributed by atoms with Crippen LogP contribution < -0.4 is 4.72 Å². The molecule has 1 aliphatic carbocycles. The maximum absolute atomic E-state index is 14.4. The molecule has 146 valence electrons. The van der Waals surface area contributed by atoms with E-state index in [0.717, 1.165) is 23.0 Å². The number of fused-ring (bicyclic) bond motifs is 1. The molecule has 2 heterocycles. The van der Waals surface area contributed by atoms with Crippen LogP contribution in [-0.4, -0.2) is 34.1 Å². The fourth-order valence-electron chi connectivity index (χ4n) is 2.45.